The normalized spacial score (nSPS) is 11.0. The summed E-state index contributed by atoms with van der Waals surface area (Å²) in [6.07, 6.45) is 2.01. The molecule has 2 N–H and O–H groups in total. The second-order valence-electron chi connectivity index (χ2n) is 4.74. The maximum Gasteiger partial charge on any atom is 0.184 e. The van der Waals surface area contributed by atoms with Gasteiger partial charge in [-0.05, 0) is 12.5 Å². The van der Waals surface area contributed by atoms with Crippen LogP contribution in [-0.4, -0.2) is 43.2 Å². The van der Waals surface area contributed by atoms with E-state index in [1.54, 1.807) is 18.2 Å². The molecule has 0 bridgehead atoms. The molecule has 2 heterocycles. The lowest BCUT2D eigenvalue weighted by Crippen LogP contribution is -2.07. The highest BCUT2D eigenvalue weighted by atomic mass is 19.1. The van der Waals surface area contributed by atoms with Crippen molar-refractivity contribution in [1.82, 2.24) is 25.0 Å². The Morgan fingerprint density at radius 2 is 2.09 bits per heavy atom. The van der Waals surface area contributed by atoms with Crippen molar-refractivity contribution in [3.63, 3.8) is 0 Å². The summed E-state index contributed by atoms with van der Waals surface area (Å²) in [6, 6.07) is 6.52. The van der Waals surface area contributed by atoms with Crippen molar-refractivity contribution in [2.24, 2.45) is 0 Å². The first-order chi connectivity index (χ1) is 10.8. The van der Waals surface area contributed by atoms with Crippen LogP contribution in [0.4, 0.5) is 10.2 Å². The molecule has 0 fully saturated rings. The van der Waals surface area contributed by atoms with Crippen LogP contribution < -0.4 is 5.32 Å². The van der Waals surface area contributed by atoms with Crippen LogP contribution in [0.25, 0.3) is 11.2 Å². The van der Waals surface area contributed by atoms with Crippen molar-refractivity contribution < 1.29 is 9.50 Å². The van der Waals surface area contributed by atoms with Crippen molar-refractivity contribution in [3.8, 4) is 0 Å². The molecule has 7 nitrogen and oxygen atoms in total. The van der Waals surface area contributed by atoms with E-state index in [1.807, 2.05) is 0 Å². The van der Waals surface area contributed by atoms with Crippen molar-refractivity contribution in [2.75, 3.05) is 18.5 Å². The van der Waals surface area contributed by atoms with Crippen LogP contribution in [0.15, 0.2) is 30.6 Å². The van der Waals surface area contributed by atoms with Gasteiger partial charge in [-0.15, -0.1) is 5.10 Å². The van der Waals surface area contributed by atoms with Crippen molar-refractivity contribution in [3.05, 3.63) is 42.0 Å². The molecule has 0 aliphatic heterocycles. The first-order valence-corrected chi connectivity index (χ1v) is 6.92. The van der Waals surface area contributed by atoms with Crippen molar-refractivity contribution >= 4 is 17.0 Å². The number of anilines is 1. The molecule has 0 atom stereocenters. The number of hydrogen-bond acceptors (Lipinski definition) is 6. The van der Waals surface area contributed by atoms with E-state index < -0.39 is 0 Å². The molecule has 0 saturated carbocycles. The van der Waals surface area contributed by atoms with E-state index >= 15 is 0 Å². The molecule has 1 aromatic carbocycles. The predicted octanol–water partition coefficient (Wildman–Crippen LogP) is 1.20. The second-order valence-corrected chi connectivity index (χ2v) is 4.74. The topological polar surface area (TPSA) is 88.8 Å². The molecule has 0 amide bonds. The van der Waals surface area contributed by atoms with Crippen LogP contribution in [0.5, 0.6) is 0 Å². The molecule has 22 heavy (non-hydrogen) atoms. The zero-order valence-electron chi connectivity index (χ0n) is 11.8. The van der Waals surface area contributed by atoms with Gasteiger partial charge in [0.25, 0.3) is 0 Å². The highest BCUT2D eigenvalue weighted by Crippen LogP contribution is 2.17. The molecule has 3 rings (SSSR count). The summed E-state index contributed by atoms with van der Waals surface area (Å²) in [6.45, 7) is 0.917. The summed E-state index contributed by atoms with van der Waals surface area (Å²) in [7, 11) is 0. The minimum absolute atomic E-state index is 0.0984. The van der Waals surface area contributed by atoms with E-state index in [4.69, 9.17) is 5.11 Å². The Bertz CT molecular complexity index is 775. The van der Waals surface area contributed by atoms with E-state index in [0.717, 1.165) is 0 Å². The molecule has 3 aromatic rings. The number of halogens is 1. The molecular weight excluding hydrogens is 287 g/mol. The summed E-state index contributed by atoms with van der Waals surface area (Å²) < 4.78 is 15.3. The number of nitrogens with zero attached hydrogens (tertiary/aromatic N) is 5. The number of fused-ring (bicyclic) bond motifs is 1. The van der Waals surface area contributed by atoms with Gasteiger partial charge in [-0.1, -0.05) is 23.4 Å². The van der Waals surface area contributed by atoms with E-state index in [1.165, 1.54) is 17.1 Å². The molecule has 0 aliphatic carbocycles. The average molecular weight is 302 g/mol. The Morgan fingerprint density at radius 3 is 2.91 bits per heavy atom. The fraction of sp³-hybridized carbons (Fsp3) is 0.286. The second kappa shape index (κ2) is 6.44. The van der Waals surface area contributed by atoms with Gasteiger partial charge < -0.3 is 10.4 Å². The average Bonchev–Trinajstić information content (AvgIpc) is 2.94. The number of aliphatic hydroxyl groups is 1. The zero-order valence-corrected chi connectivity index (χ0v) is 11.8. The highest BCUT2D eigenvalue weighted by Gasteiger charge is 2.12. The first kappa shape index (κ1) is 14.3. The Hall–Kier alpha value is -2.61. The van der Waals surface area contributed by atoms with E-state index in [-0.39, 0.29) is 19.0 Å². The third kappa shape index (κ3) is 2.86. The maximum atomic E-state index is 13.7. The van der Waals surface area contributed by atoms with Gasteiger partial charge >= 0.3 is 0 Å². The minimum Gasteiger partial charge on any atom is -0.396 e. The van der Waals surface area contributed by atoms with Gasteiger partial charge in [-0.2, -0.15) is 0 Å². The predicted molar refractivity (Wildman–Crippen MR) is 78.8 cm³/mol. The van der Waals surface area contributed by atoms with Gasteiger partial charge in [0.15, 0.2) is 17.0 Å². The van der Waals surface area contributed by atoms with Crippen LogP contribution in [-0.2, 0) is 6.54 Å². The first-order valence-electron chi connectivity index (χ1n) is 6.92. The van der Waals surface area contributed by atoms with Crippen molar-refractivity contribution in [1.29, 1.82) is 0 Å². The number of aliphatic hydroxyl groups excluding tert-OH is 1. The summed E-state index contributed by atoms with van der Waals surface area (Å²) in [5.74, 6) is 0.264. The van der Waals surface area contributed by atoms with Gasteiger partial charge in [0.1, 0.15) is 12.1 Å². The van der Waals surface area contributed by atoms with Gasteiger partial charge in [-0.25, -0.2) is 19.0 Å². The molecule has 8 heteroatoms. The van der Waals surface area contributed by atoms with Gasteiger partial charge in [0.2, 0.25) is 0 Å². The number of aromatic nitrogens is 5. The van der Waals surface area contributed by atoms with Crippen LogP contribution in [0.2, 0.25) is 0 Å². The SMILES string of the molecule is OCCCNc1ncnc2c1nnn2Cc1ccccc1F. The summed E-state index contributed by atoms with van der Waals surface area (Å²) in [5, 5.41) is 20.0. The highest BCUT2D eigenvalue weighted by molar-refractivity contribution is 5.81. The lowest BCUT2D eigenvalue weighted by Gasteiger charge is -2.05. The fourth-order valence-corrected chi connectivity index (χ4v) is 2.10. The Balaban J connectivity index is 1.89. The van der Waals surface area contributed by atoms with E-state index in [0.29, 0.717) is 35.5 Å². The monoisotopic (exact) mass is 302 g/mol. The summed E-state index contributed by atoms with van der Waals surface area (Å²) >= 11 is 0. The van der Waals surface area contributed by atoms with Crippen LogP contribution >= 0.6 is 0 Å². The summed E-state index contributed by atoms with van der Waals surface area (Å²) in [5.41, 5.74) is 1.57. The van der Waals surface area contributed by atoms with Gasteiger partial charge in [-0.3, -0.25) is 0 Å². The van der Waals surface area contributed by atoms with Crippen molar-refractivity contribution in [2.45, 2.75) is 13.0 Å². The fourth-order valence-electron chi connectivity index (χ4n) is 2.10. The van der Waals surface area contributed by atoms with Crippen LogP contribution in [0.1, 0.15) is 12.0 Å². The molecule has 2 aromatic heterocycles. The lowest BCUT2D eigenvalue weighted by atomic mass is 10.2. The lowest BCUT2D eigenvalue weighted by molar-refractivity contribution is 0.292. The van der Waals surface area contributed by atoms with E-state index in [9.17, 15) is 4.39 Å². The molecular formula is C14H15FN6O. The molecule has 0 aliphatic rings. The smallest absolute Gasteiger partial charge is 0.184 e. The minimum atomic E-state index is -0.290. The molecule has 0 spiro atoms. The number of benzene rings is 1. The molecule has 0 saturated heterocycles. The third-order valence-corrected chi connectivity index (χ3v) is 3.21. The van der Waals surface area contributed by atoms with Crippen LogP contribution in [0.3, 0.4) is 0 Å². The van der Waals surface area contributed by atoms with Crippen LogP contribution in [0, 0.1) is 5.82 Å². The number of nitrogens with one attached hydrogen (secondary N) is 1. The zero-order chi connectivity index (χ0) is 15.4. The van der Waals surface area contributed by atoms with Gasteiger partial charge in [0.05, 0.1) is 6.54 Å². The molecule has 114 valence electrons. The number of hydrogen-bond donors (Lipinski definition) is 2. The molecule has 0 radical (unpaired) electrons. The maximum absolute atomic E-state index is 13.7. The Morgan fingerprint density at radius 1 is 1.23 bits per heavy atom. The van der Waals surface area contributed by atoms with Gasteiger partial charge in [0, 0.05) is 18.7 Å². The standard InChI is InChI=1S/C14H15FN6O/c15-11-5-2-1-4-10(11)8-21-14-12(19-20-21)13(17-9-18-14)16-6-3-7-22/h1-2,4-5,9,22H,3,6-8H2,(H,16,17,18). The quantitative estimate of drug-likeness (QED) is 0.665. The molecule has 0 unspecified atom stereocenters. The Kier molecular flexibility index (Phi) is 4.19. The summed E-state index contributed by atoms with van der Waals surface area (Å²) in [4.78, 5) is 8.29. The number of rotatable bonds is 6. The third-order valence-electron chi connectivity index (χ3n) is 3.21. The largest absolute Gasteiger partial charge is 0.396 e. The Labute approximate surface area is 125 Å². The van der Waals surface area contributed by atoms with E-state index in [2.05, 4.69) is 25.6 Å².